The molecule has 1 saturated heterocycles. The molecule has 3 amide bonds. The SMILES string of the molecule is CCN(CC)CCN(C)C(=O)CC1(c2cccc(F)c2)CC(=O)N(Cc2cccnc2)C1=O. The number of carbonyl (C=O) groups excluding carboxylic acids is 3. The number of amides is 3. The summed E-state index contributed by atoms with van der Waals surface area (Å²) in [6.07, 6.45) is 2.83. The van der Waals surface area contributed by atoms with Gasteiger partial charge in [0, 0.05) is 45.4 Å². The molecule has 0 spiro atoms. The number of likely N-dealkylation sites (N-methyl/N-ethyl adjacent to an activating group) is 2. The van der Waals surface area contributed by atoms with E-state index >= 15 is 0 Å². The Morgan fingerprint density at radius 1 is 1.15 bits per heavy atom. The molecule has 3 rings (SSSR count). The van der Waals surface area contributed by atoms with Crippen LogP contribution in [0.15, 0.2) is 48.8 Å². The monoisotopic (exact) mass is 454 g/mol. The van der Waals surface area contributed by atoms with E-state index in [1.807, 2.05) is 0 Å². The van der Waals surface area contributed by atoms with Gasteiger partial charge in [-0.3, -0.25) is 24.3 Å². The zero-order chi connectivity index (χ0) is 24.0. The zero-order valence-corrected chi connectivity index (χ0v) is 19.5. The molecule has 2 aromatic rings. The third-order valence-corrected chi connectivity index (χ3v) is 6.37. The largest absolute Gasteiger partial charge is 0.344 e. The number of aromatic nitrogens is 1. The van der Waals surface area contributed by atoms with Crippen LogP contribution < -0.4 is 0 Å². The van der Waals surface area contributed by atoms with E-state index in [4.69, 9.17) is 0 Å². The number of hydrogen-bond donors (Lipinski definition) is 0. The van der Waals surface area contributed by atoms with Crippen molar-refractivity contribution in [3.63, 3.8) is 0 Å². The van der Waals surface area contributed by atoms with Crippen LogP contribution in [0.4, 0.5) is 4.39 Å². The highest BCUT2D eigenvalue weighted by Gasteiger charge is 2.54. The summed E-state index contributed by atoms with van der Waals surface area (Å²) in [4.78, 5) is 48.8. The zero-order valence-electron chi connectivity index (χ0n) is 19.5. The lowest BCUT2D eigenvalue weighted by Gasteiger charge is -2.30. The molecule has 2 heterocycles. The Kier molecular flexibility index (Phi) is 7.92. The van der Waals surface area contributed by atoms with Gasteiger partial charge >= 0.3 is 0 Å². The number of rotatable bonds is 10. The van der Waals surface area contributed by atoms with Crippen molar-refractivity contribution in [2.45, 2.75) is 38.6 Å². The van der Waals surface area contributed by atoms with Crippen molar-refractivity contribution in [2.24, 2.45) is 0 Å². The number of benzene rings is 1. The Morgan fingerprint density at radius 3 is 2.55 bits per heavy atom. The summed E-state index contributed by atoms with van der Waals surface area (Å²) in [5.41, 5.74) is -0.376. The van der Waals surface area contributed by atoms with E-state index < -0.39 is 17.1 Å². The molecular formula is C25H31FN4O3. The third kappa shape index (κ3) is 5.45. The van der Waals surface area contributed by atoms with Gasteiger partial charge in [0.05, 0.1) is 12.0 Å². The first-order valence-electron chi connectivity index (χ1n) is 11.3. The van der Waals surface area contributed by atoms with Crippen LogP contribution in [0.2, 0.25) is 0 Å². The van der Waals surface area contributed by atoms with Gasteiger partial charge in [0.2, 0.25) is 17.7 Å². The highest BCUT2D eigenvalue weighted by Crippen LogP contribution is 2.41. The standard InChI is InChI=1S/C25H31FN4O3/c1-4-29(5-2)13-12-28(3)22(31)15-25(20-9-6-10-21(26)14-20)16-23(32)30(24(25)33)18-19-8-7-11-27-17-19/h6-11,14,17H,4-5,12-13,15-16,18H2,1-3H3. The van der Waals surface area contributed by atoms with E-state index in [-0.39, 0.29) is 31.2 Å². The van der Waals surface area contributed by atoms with Crippen molar-refractivity contribution in [1.29, 1.82) is 0 Å². The van der Waals surface area contributed by atoms with E-state index in [1.165, 1.54) is 18.2 Å². The van der Waals surface area contributed by atoms with Crippen LogP contribution in [0.5, 0.6) is 0 Å². The third-order valence-electron chi connectivity index (χ3n) is 6.37. The Bertz CT molecular complexity index is 996. The van der Waals surface area contributed by atoms with Crippen LogP contribution in [-0.4, -0.2) is 70.6 Å². The molecule has 1 atom stereocenters. The Labute approximate surface area is 194 Å². The maximum Gasteiger partial charge on any atom is 0.241 e. The van der Waals surface area contributed by atoms with Gasteiger partial charge in [0.1, 0.15) is 5.82 Å². The van der Waals surface area contributed by atoms with Crippen LogP contribution >= 0.6 is 0 Å². The highest BCUT2D eigenvalue weighted by molar-refractivity contribution is 6.10. The molecule has 8 heteroatoms. The first kappa shape index (κ1) is 24.5. The quantitative estimate of drug-likeness (QED) is 0.516. The van der Waals surface area contributed by atoms with Crippen molar-refractivity contribution in [3.05, 3.63) is 65.7 Å². The minimum atomic E-state index is -1.43. The molecule has 1 aromatic carbocycles. The second-order valence-electron chi connectivity index (χ2n) is 8.43. The molecular weight excluding hydrogens is 423 g/mol. The molecule has 0 N–H and O–H groups in total. The predicted octanol–water partition coefficient (Wildman–Crippen LogP) is 2.61. The molecule has 0 bridgehead atoms. The Morgan fingerprint density at radius 2 is 1.91 bits per heavy atom. The molecule has 1 fully saturated rings. The lowest BCUT2D eigenvalue weighted by molar-refractivity contribution is -0.143. The number of imide groups is 1. The first-order valence-corrected chi connectivity index (χ1v) is 11.3. The molecule has 1 aliphatic heterocycles. The van der Waals surface area contributed by atoms with Crippen LogP contribution in [0, 0.1) is 5.82 Å². The summed E-state index contributed by atoms with van der Waals surface area (Å²) >= 11 is 0. The molecule has 1 unspecified atom stereocenters. The molecule has 1 aromatic heterocycles. The Hall–Kier alpha value is -3.13. The first-order chi connectivity index (χ1) is 15.8. The smallest absolute Gasteiger partial charge is 0.241 e. The van der Waals surface area contributed by atoms with Gasteiger partial charge in [-0.25, -0.2) is 4.39 Å². The average Bonchev–Trinajstić information content (AvgIpc) is 3.05. The molecule has 33 heavy (non-hydrogen) atoms. The van der Waals surface area contributed by atoms with Gasteiger partial charge in [-0.1, -0.05) is 32.0 Å². The van der Waals surface area contributed by atoms with E-state index in [2.05, 4.69) is 23.7 Å². The van der Waals surface area contributed by atoms with Crippen LogP contribution in [-0.2, 0) is 26.3 Å². The fourth-order valence-electron chi connectivity index (χ4n) is 4.24. The summed E-state index contributed by atoms with van der Waals surface area (Å²) in [6, 6.07) is 9.16. The number of nitrogens with zero attached hydrogens (tertiary/aromatic N) is 4. The van der Waals surface area contributed by atoms with E-state index in [0.717, 1.165) is 18.0 Å². The van der Waals surface area contributed by atoms with Crippen molar-refractivity contribution in [1.82, 2.24) is 19.7 Å². The Balaban J connectivity index is 1.88. The fourth-order valence-corrected chi connectivity index (χ4v) is 4.24. The number of hydrogen-bond acceptors (Lipinski definition) is 5. The summed E-state index contributed by atoms with van der Waals surface area (Å²) in [7, 11) is 1.69. The summed E-state index contributed by atoms with van der Waals surface area (Å²) in [5, 5.41) is 0. The van der Waals surface area contributed by atoms with Gasteiger partial charge in [-0.2, -0.15) is 0 Å². The molecule has 0 radical (unpaired) electrons. The normalized spacial score (nSPS) is 18.3. The minimum Gasteiger partial charge on any atom is -0.344 e. The fraction of sp³-hybridized carbons (Fsp3) is 0.440. The molecule has 0 aliphatic carbocycles. The van der Waals surface area contributed by atoms with Gasteiger partial charge in [0.15, 0.2) is 0 Å². The van der Waals surface area contributed by atoms with Crippen molar-refractivity contribution in [2.75, 3.05) is 33.2 Å². The van der Waals surface area contributed by atoms with Crippen LogP contribution in [0.3, 0.4) is 0 Å². The van der Waals surface area contributed by atoms with E-state index in [9.17, 15) is 18.8 Å². The second-order valence-corrected chi connectivity index (χ2v) is 8.43. The van der Waals surface area contributed by atoms with Gasteiger partial charge in [0.25, 0.3) is 0 Å². The summed E-state index contributed by atoms with van der Waals surface area (Å²) in [6.45, 7) is 7.15. The number of likely N-dealkylation sites (tertiary alicyclic amines) is 1. The van der Waals surface area contributed by atoms with Crippen LogP contribution in [0.1, 0.15) is 37.8 Å². The number of pyridine rings is 1. The minimum absolute atomic E-state index is 0.0640. The van der Waals surface area contributed by atoms with Gasteiger partial charge in [-0.15, -0.1) is 0 Å². The topological polar surface area (TPSA) is 73.8 Å². The second kappa shape index (κ2) is 10.7. The summed E-state index contributed by atoms with van der Waals surface area (Å²) in [5.74, 6) is -1.63. The van der Waals surface area contributed by atoms with E-state index in [1.54, 1.807) is 42.5 Å². The van der Waals surface area contributed by atoms with Gasteiger partial charge < -0.3 is 9.80 Å². The molecule has 176 valence electrons. The predicted molar refractivity (Wildman–Crippen MR) is 123 cm³/mol. The van der Waals surface area contributed by atoms with Crippen LogP contribution in [0.25, 0.3) is 0 Å². The number of carbonyl (C=O) groups is 3. The van der Waals surface area contributed by atoms with Gasteiger partial charge in [-0.05, 0) is 42.4 Å². The molecule has 7 nitrogen and oxygen atoms in total. The maximum absolute atomic E-state index is 14.1. The number of halogens is 1. The van der Waals surface area contributed by atoms with Crippen molar-refractivity contribution >= 4 is 17.7 Å². The van der Waals surface area contributed by atoms with E-state index in [0.29, 0.717) is 24.2 Å². The summed E-state index contributed by atoms with van der Waals surface area (Å²) < 4.78 is 14.1. The van der Waals surface area contributed by atoms with Crippen molar-refractivity contribution < 1.29 is 18.8 Å². The van der Waals surface area contributed by atoms with Crippen molar-refractivity contribution in [3.8, 4) is 0 Å². The lowest BCUT2D eigenvalue weighted by Crippen LogP contribution is -2.44. The molecule has 1 aliphatic rings. The molecule has 0 saturated carbocycles. The lowest BCUT2D eigenvalue weighted by atomic mass is 9.75. The highest BCUT2D eigenvalue weighted by atomic mass is 19.1. The maximum atomic E-state index is 14.1. The average molecular weight is 455 g/mol.